The Kier molecular flexibility index (Phi) is 13.6. The van der Waals surface area contributed by atoms with Crippen LogP contribution >= 0.6 is 55.0 Å². The highest BCUT2D eigenvalue weighted by atomic mass is 79.9. The number of halogens is 7. The van der Waals surface area contributed by atoms with Gasteiger partial charge in [-0.3, -0.25) is 13.5 Å². The molecule has 0 bridgehead atoms. The zero-order valence-corrected chi connectivity index (χ0v) is 33.8. The van der Waals surface area contributed by atoms with Gasteiger partial charge in [-0.1, -0.05) is 23.9 Å². The molecule has 284 valence electrons. The summed E-state index contributed by atoms with van der Waals surface area (Å²) >= 11 is 9.23. The molecule has 0 fully saturated rings. The Morgan fingerprint density at radius 2 is 1.44 bits per heavy atom. The molecular formula is C36H30BBr2F5N2O6S2. The van der Waals surface area contributed by atoms with Crippen LogP contribution in [0.3, 0.4) is 0 Å². The number of esters is 2. The summed E-state index contributed by atoms with van der Waals surface area (Å²) in [6.07, 6.45) is -3.60. The summed E-state index contributed by atoms with van der Waals surface area (Å²) in [5.74, 6) is -0.237. The molecule has 18 heteroatoms. The summed E-state index contributed by atoms with van der Waals surface area (Å²) in [4.78, 5) is 28.0. The van der Waals surface area contributed by atoms with Gasteiger partial charge in [-0.05, 0) is 118 Å². The molecule has 0 atom stereocenters. The number of ether oxygens (including phenoxy) is 4. The molecule has 8 nitrogen and oxygen atoms in total. The number of carbonyl (C=O) groups excluding carboxylic acids is 2. The number of thioether (sulfide) groups is 1. The molecule has 2 aromatic heterocycles. The summed E-state index contributed by atoms with van der Waals surface area (Å²) in [7, 11) is -1.60. The third kappa shape index (κ3) is 9.49. The first-order valence-electron chi connectivity index (χ1n) is 16.1. The average molecular weight is 916 g/mol. The molecule has 0 saturated carbocycles. The minimum Gasteiger partial charge on any atom is -0.482 e. The lowest BCUT2D eigenvalue weighted by atomic mass is 10.0. The molecule has 0 spiro atoms. The van der Waals surface area contributed by atoms with Crippen LogP contribution in [0.2, 0.25) is 0 Å². The molecular weight excluding hydrogens is 886 g/mol. The van der Waals surface area contributed by atoms with Crippen molar-refractivity contribution < 1.29 is 50.3 Å². The van der Waals surface area contributed by atoms with Gasteiger partial charge in [0.1, 0.15) is 11.5 Å². The number of carbonyl (C=O) groups is 2. The first-order chi connectivity index (χ1) is 25.6. The molecule has 3 heterocycles. The maximum Gasteiger partial charge on any atom is 0.692 e. The van der Waals surface area contributed by atoms with E-state index >= 15 is 0 Å². The Bertz CT molecular complexity index is 2180. The van der Waals surface area contributed by atoms with Gasteiger partial charge < -0.3 is 23.5 Å². The van der Waals surface area contributed by atoms with Gasteiger partial charge in [0.25, 0.3) is 0 Å². The van der Waals surface area contributed by atoms with E-state index in [1.807, 2.05) is 0 Å². The number of rotatable bonds is 13. The lowest BCUT2D eigenvalue weighted by molar-refractivity contribution is -0.146. The van der Waals surface area contributed by atoms with E-state index in [0.29, 0.717) is 36.7 Å². The monoisotopic (exact) mass is 914 g/mol. The second-order valence-corrected chi connectivity index (χ2v) is 15.0. The quantitative estimate of drug-likeness (QED) is 0.0750. The Hall–Kier alpha value is -3.87. The minimum absolute atomic E-state index is 0.0910. The van der Waals surface area contributed by atoms with Crippen molar-refractivity contribution in [3.63, 3.8) is 0 Å². The number of alkyl halides is 3. The Balaban J connectivity index is 1.46. The van der Waals surface area contributed by atoms with Crippen LogP contribution in [0.4, 0.5) is 21.8 Å². The van der Waals surface area contributed by atoms with E-state index in [1.54, 1.807) is 62.4 Å². The highest BCUT2D eigenvalue weighted by Gasteiger charge is 2.39. The lowest BCUT2D eigenvalue weighted by Crippen LogP contribution is -2.15. The van der Waals surface area contributed by atoms with Gasteiger partial charge in [-0.2, -0.15) is 13.2 Å². The van der Waals surface area contributed by atoms with Crippen LogP contribution in [0.1, 0.15) is 32.0 Å². The van der Waals surface area contributed by atoms with E-state index in [2.05, 4.69) is 36.8 Å². The lowest BCUT2D eigenvalue weighted by Gasteiger charge is -2.16. The molecule has 0 radical (unpaired) electrons. The van der Waals surface area contributed by atoms with Crippen molar-refractivity contribution in [1.29, 1.82) is 0 Å². The van der Waals surface area contributed by atoms with Crippen LogP contribution in [0, 0.1) is 0 Å². The van der Waals surface area contributed by atoms with Gasteiger partial charge in [0, 0.05) is 16.9 Å². The zero-order chi connectivity index (χ0) is 39.3. The smallest absolute Gasteiger partial charge is 0.482 e. The highest BCUT2D eigenvalue weighted by Crippen LogP contribution is 2.50. The normalized spacial score (nSPS) is 15.2. The maximum absolute atomic E-state index is 14.9. The number of allylic oxidation sites excluding steroid dienone is 5. The molecule has 4 aromatic rings. The summed E-state index contributed by atoms with van der Waals surface area (Å²) < 4.78 is 95.5. The fourth-order valence-electron chi connectivity index (χ4n) is 5.45. The standard InChI is InChI=1S/C36H30BBr2F5N2O6S2/c1-5-49-27(47)17-51-22-11-7-20(8-12-22)34-30(38)32(45-37(43)44)25(53-34)15-19(3)29(36(40,41)42)24-16-26-33(46(24)4)31(39)35(54-26)21-9-13-23(14-10-21)52-18-28(48)50-6-2/h7-16H,5-6,17-18H2,1-4H3/b25-15+,29-19-,45-32-. The van der Waals surface area contributed by atoms with Crippen molar-refractivity contribution in [3.05, 3.63) is 91.4 Å². The molecule has 1 aliphatic rings. The van der Waals surface area contributed by atoms with E-state index in [-0.39, 0.29) is 52.8 Å². The fourth-order valence-corrected chi connectivity index (χ4v) is 9.77. The van der Waals surface area contributed by atoms with Gasteiger partial charge in [0.05, 0.1) is 54.2 Å². The number of benzene rings is 2. The number of nitrogens with zero attached hydrogens (tertiary/aromatic N) is 2. The van der Waals surface area contributed by atoms with E-state index < -0.39 is 31.1 Å². The van der Waals surface area contributed by atoms with Crippen LogP contribution in [-0.4, -0.2) is 62.2 Å². The number of thiophene rings is 1. The van der Waals surface area contributed by atoms with E-state index in [9.17, 15) is 31.4 Å². The van der Waals surface area contributed by atoms with Gasteiger partial charge in [-0.15, -0.1) is 11.3 Å². The first kappa shape index (κ1) is 41.3. The molecule has 54 heavy (non-hydrogen) atoms. The Morgan fingerprint density at radius 3 is 1.93 bits per heavy atom. The zero-order valence-electron chi connectivity index (χ0n) is 29.0. The van der Waals surface area contributed by atoms with Crippen LogP contribution in [0.25, 0.3) is 31.1 Å². The van der Waals surface area contributed by atoms with Crippen molar-refractivity contribution in [2.75, 3.05) is 26.4 Å². The summed E-state index contributed by atoms with van der Waals surface area (Å²) in [6.45, 7) is 4.54. The average Bonchev–Trinajstić information content (AvgIpc) is 3.72. The van der Waals surface area contributed by atoms with Crippen molar-refractivity contribution in [1.82, 2.24) is 4.57 Å². The molecule has 5 rings (SSSR count). The number of aromatic nitrogens is 1. The van der Waals surface area contributed by atoms with Crippen molar-refractivity contribution >= 4 is 101 Å². The predicted molar refractivity (Wildman–Crippen MR) is 210 cm³/mol. The second kappa shape index (κ2) is 17.7. The summed E-state index contributed by atoms with van der Waals surface area (Å²) in [5, 5.41) is 0. The van der Waals surface area contributed by atoms with Crippen LogP contribution in [-0.2, 0) is 26.1 Å². The van der Waals surface area contributed by atoms with E-state index in [1.165, 1.54) is 42.0 Å². The number of aryl methyl sites for hydroxylation is 1. The highest BCUT2D eigenvalue weighted by molar-refractivity contribution is 9.12. The van der Waals surface area contributed by atoms with Crippen molar-refractivity contribution in [2.45, 2.75) is 26.9 Å². The summed E-state index contributed by atoms with van der Waals surface area (Å²) in [6, 6.07) is 14.8. The number of hydrogen-bond donors (Lipinski definition) is 0. The molecule has 0 saturated heterocycles. The van der Waals surface area contributed by atoms with Gasteiger partial charge in [0.15, 0.2) is 13.2 Å². The Morgan fingerprint density at radius 1 is 0.907 bits per heavy atom. The van der Waals surface area contributed by atoms with Crippen LogP contribution in [0.5, 0.6) is 11.5 Å². The fraction of sp³-hybridized carbons (Fsp3) is 0.250. The number of hydrogen-bond acceptors (Lipinski definition) is 9. The molecule has 0 N–H and O–H groups in total. The third-order valence-corrected chi connectivity index (χ3v) is 12.2. The maximum atomic E-state index is 14.9. The molecule has 0 unspecified atom stereocenters. The molecule has 0 aliphatic carbocycles. The first-order valence-corrected chi connectivity index (χ1v) is 19.3. The third-order valence-electron chi connectivity index (χ3n) is 7.74. The topological polar surface area (TPSA) is 88.3 Å². The Labute approximate surface area is 332 Å². The van der Waals surface area contributed by atoms with E-state index in [0.717, 1.165) is 22.2 Å². The number of fused-ring (bicyclic) bond motifs is 1. The molecule has 1 aliphatic heterocycles. The van der Waals surface area contributed by atoms with Gasteiger partial charge in [-0.25, -0.2) is 9.59 Å². The van der Waals surface area contributed by atoms with Gasteiger partial charge >= 0.3 is 25.5 Å². The van der Waals surface area contributed by atoms with Crippen molar-refractivity contribution in [3.8, 4) is 21.9 Å². The predicted octanol–water partition coefficient (Wildman–Crippen LogP) is 10.6. The largest absolute Gasteiger partial charge is 0.692 e. The molecule has 2 aromatic carbocycles. The van der Waals surface area contributed by atoms with Crippen LogP contribution < -0.4 is 9.47 Å². The summed E-state index contributed by atoms with van der Waals surface area (Å²) in [5.41, 5.74) is 0.408. The van der Waals surface area contributed by atoms with Gasteiger partial charge in [0.2, 0.25) is 0 Å². The molecule has 0 amide bonds. The van der Waals surface area contributed by atoms with Crippen LogP contribution in [0.15, 0.2) is 85.0 Å². The minimum atomic E-state index is -4.82. The van der Waals surface area contributed by atoms with Crippen molar-refractivity contribution in [2.24, 2.45) is 12.0 Å². The van der Waals surface area contributed by atoms with E-state index in [4.69, 9.17) is 18.9 Å². The SMILES string of the molecule is CCOC(=O)COc1ccc(C2=C(Br)C(=N\B(F)F)/C(=C\C(C)=C(\c3cc4sc(-c5ccc(OCC(=O)OCC)cc5)c(Br)c4n3C)C(F)(F)F)S2)cc1. The second-order valence-electron chi connectivity index (χ2n) is 11.3.